The summed E-state index contributed by atoms with van der Waals surface area (Å²) in [6.45, 7) is 4.52. The lowest BCUT2D eigenvalue weighted by Crippen LogP contribution is -1.95. The normalized spacial score (nSPS) is 10.1. The Labute approximate surface area is 122 Å². The van der Waals surface area contributed by atoms with E-state index in [1.165, 1.54) is 11.3 Å². The molecule has 0 atom stereocenters. The Bertz CT molecular complexity index is 644. The van der Waals surface area contributed by atoms with Gasteiger partial charge in [0.15, 0.2) is 11.5 Å². The zero-order valence-electron chi connectivity index (χ0n) is 11.8. The number of aromatic nitrogens is 1. The molecule has 0 fully saturated rings. The van der Waals surface area contributed by atoms with Gasteiger partial charge < -0.3 is 9.47 Å². The molecule has 0 aliphatic heterocycles. The lowest BCUT2D eigenvalue weighted by Gasteiger charge is -2.09. The fourth-order valence-corrected chi connectivity index (χ4v) is 2.82. The maximum Gasteiger partial charge on any atom is 0.161 e. The smallest absolute Gasteiger partial charge is 0.161 e. The van der Waals surface area contributed by atoms with E-state index in [2.05, 4.69) is 11.1 Å². The third-order valence-electron chi connectivity index (χ3n) is 2.84. The van der Waals surface area contributed by atoms with Crippen LogP contribution in [0.2, 0.25) is 0 Å². The van der Waals surface area contributed by atoms with Crippen LogP contribution >= 0.6 is 11.3 Å². The second kappa shape index (κ2) is 6.40. The van der Waals surface area contributed by atoms with Crippen molar-refractivity contribution >= 4 is 11.3 Å². The molecular formula is C15H16N2O2S. The van der Waals surface area contributed by atoms with E-state index in [1.54, 1.807) is 7.11 Å². The quantitative estimate of drug-likeness (QED) is 0.842. The van der Waals surface area contributed by atoms with Crippen molar-refractivity contribution in [3.63, 3.8) is 0 Å². The van der Waals surface area contributed by atoms with Gasteiger partial charge in [0.25, 0.3) is 0 Å². The lowest BCUT2D eigenvalue weighted by atomic mass is 10.2. The lowest BCUT2D eigenvalue weighted by molar-refractivity contribution is 0.311. The monoisotopic (exact) mass is 288 g/mol. The summed E-state index contributed by atoms with van der Waals surface area (Å²) in [4.78, 5) is 5.20. The number of hydrogen-bond donors (Lipinski definition) is 0. The van der Waals surface area contributed by atoms with Crippen molar-refractivity contribution in [3.8, 4) is 28.1 Å². The summed E-state index contributed by atoms with van der Waals surface area (Å²) in [6, 6.07) is 7.90. The van der Waals surface area contributed by atoms with E-state index in [-0.39, 0.29) is 0 Å². The average molecular weight is 288 g/mol. The molecule has 20 heavy (non-hydrogen) atoms. The summed E-state index contributed by atoms with van der Waals surface area (Å²) in [7, 11) is 1.61. The van der Waals surface area contributed by atoms with Gasteiger partial charge in [-0.3, -0.25) is 0 Å². The van der Waals surface area contributed by atoms with Gasteiger partial charge in [-0.2, -0.15) is 5.26 Å². The molecule has 1 heterocycles. The second-order valence-electron chi connectivity index (χ2n) is 4.06. The number of nitriles is 1. The molecule has 0 unspecified atom stereocenters. The molecule has 0 aliphatic carbocycles. The minimum atomic E-state index is 0.589. The third-order valence-corrected chi connectivity index (χ3v) is 3.90. The Morgan fingerprint density at radius 1 is 1.30 bits per heavy atom. The predicted octanol–water partition coefficient (Wildman–Crippen LogP) is 3.65. The maximum atomic E-state index is 9.10. The summed E-state index contributed by atoms with van der Waals surface area (Å²) in [6.07, 6.45) is 0.757. The van der Waals surface area contributed by atoms with Crippen LogP contribution in [0.15, 0.2) is 18.2 Å². The number of rotatable bonds is 5. The van der Waals surface area contributed by atoms with Gasteiger partial charge in [0.05, 0.1) is 19.4 Å². The first-order valence-electron chi connectivity index (χ1n) is 6.44. The van der Waals surface area contributed by atoms with Crippen LogP contribution in [-0.4, -0.2) is 18.7 Å². The highest BCUT2D eigenvalue weighted by molar-refractivity contribution is 7.15. The van der Waals surface area contributed by atoms with Crippen molar-refractivity contribution in [2.75, 3.05) is 13.7 Å². The number of methoxy groups -OCH3 is 1. The van der Waals surface area contributed by atoms with Crippen molar-refractivity contribution in [2.45, 2.75) is 20.3 Å². The van der Waals surface area contributed by atoms with Gasteiger partial charge in [-0.1, -0.05) is 6.92 Å². The number of aryl methyl sites for hydroxylation is 1. The fourth-order valence-electron chi connectivity index (χ4n) is 1.88. The molecule has 0 saturated carbocycles. The van der Waals surface area contributed by atoms with Crippen molar-refractivity contribution in [1.82, 2.24) is 4.98 Å². The molecule has 0 amide bonds. The SMILES string of the molecule is CCOc1ccc(-c2nc(CC)c(C#N)s2)cc1OC. The van der Waals surface area contributed by atoms with E-state index in [9.17, 15) is 0 Å². The molecule has 4 nitrogen and oxygen atoms in total. The van der Waals surface area contributed by atoms with Gasteiger partial charge in [-0.15, -0.1) is 11.3 Å². The highest BCUT2D eigenvalue weighted by Gasteiger charge is 2.13. The van der Waals surface area contributed by atoms with Gasteiger partial charge in [0.1, 0.15) is 16.0 Å². The number of thiazole rings is 1. The number of ether oxygens (including phenoxy) is 2. The predicted molar refractivity (Wildman–Crippen MR) is 79.4 cm³/mol. The molecule has 2 aromatic rings. The van der Waals surface area contributed by atoms with E-state index in [0.29, 0.717) is 23.0 Å². The molecular weight excluding hydrogens is 272 g/mol. The zero-order valence-corrected chi connectivity index (χ0v) is 12.6. The fraction of sp³-hybridized carbons (Fsp3) is 0.333. The summed E-state index contributed by atoms with van der Waals surface area (Å²) >= 11 is 1.41. The van der Waals surface area contributed by atoms with Gasteiger partial charge >= 0.3 is 0 Å². The van der Waals surface area contributed by atoms with Crippen LogP contribution in [0.4, 0.5) is 0 Å². The zero-order chi connectivity index (χ0) is 14.5. The number of hydrogen-bond acceptors (Lipinski definition) is 5. The number of benzene rings is 1. The Kier molecular flexibility index (Phi) is 4.59. The molecule has 1 aromatic carbocycles. The van der Waals surface area contributed by atoms with Gasteiger partial charge in [0, 0.05) is 5.56 Å². The Hall–Kier alpha value is -2.06. The second-order valence-corrected chi connectivity index (χ2v) is 5.06. The summed E-state index contributed by atoms with van der Waals surface area (Å²) in [5.74, 6) is 1.39. The van der Waals surface area contributed by atoms with Crippen molar-refractivity contribution in [1.29, 1.82) is 5.26 Å². The van der Waals surface area contributed by atoms with Crippen molar-refractivity contribution in [3.05, 3.63) is 28.8 Å². The molecule has 5 heteroatoms. The Morgan fingerprint density at radius 2 is 2.10 bits per heavy atom. The largest absolute Gasteiger partial charge is 0.493 e. The first-order chi connectivity index (χ1) is 9.73. The molecule has 0 aliphatic rings. The standard InChI is InChI=1S/C15H16N2O2S/c1-4-11-14(9-16)20-15(17-11)10-6-7-12(19-5-2)13(8-10)18-3/h6-8H,4-5H2,1-3H3. The molecule has 0 N–H and O–H groups in total. The van der Waals surface area contributed by atoms with E-state index >= 15 is 0 Å². The first kappa shape index (κ1) is 14.4. The molecule has 2 rings (SSSR count). The maximum absolute atomic E-state index is 9.10. The molecule has 104 valence electrons. The van der Waals surface area contributed by atoms with Crippen LogP contribution in [-0.2, 0) is 6.42 Å². The Balaban J connectivity index is 2.43. The first-order valence-corrected chi connectivity index (χ1v) is 7.26. The third kappa shape index (κ3) is 2.75. The summed E-state index contributed by atoms with van der Waals surface area (Å²) in [5.41, 5.74) is 1.78. The average Bonchev–Trinajstić information content (AvgIpc) is 2.91. The molecule has 0 saturated heterocycles. The van der Waals surface area contributed by atoms with E-state index < -0.39 is 0 Å². The number of nitrogens with zero attached hydrogens (tertiary/aromatic N) is 2. The molecule has 1 aromatic heterocycles. The van der Waals surface area contributed by atoms with Crippen LogP contribution in [0.1, 0.15) is 24.4 Å². The van der Waals surface area contributed by atoms with Gasteiger partial charge in [-0.25, -0.2) is 4.98 Å². The van der Waals surface area contributed by atoms with Crippen LogP contribution in [0.25, 0.3) is 10.6 Å². The molecule has 0 radical (unpaired) electrons. The van der Waals surface area contributed by atoms with Gasteiger partial charge in [0.2, 0.25) is 0 Å². The van der Waals surface area contributed by atoms with Crippen LogP contribution in [0.5, 0.6) is 11.5 Å². The van der Waals surface area contributed by atoms with E-state index in [1.807, 2.05) is 32.0 Å². The van der Waals surface area contributed by atoms with Crippen molar-refractivity contribution < 1.29 is 9.47 Å². The molecule has 0 spiro atoms. The minimum absolute atomic E-state index is 0.589. The van der Waals surface area contributed by atoms with E-state index in [4.69, 9.17) is 14.7 Å². The van der Waals surface area contributed by atoms with E-state index in [0.717, 1.165) is 22.7 Å². The topological polar surface area (TPSA) is 55.1 Å². The van der Waals surface area contributed by atoms with Crippen molar-refractivity contribution in [2.24, 2.45) is 0 Å². The van der Waals surface area contributed by atoms with Crippen LogP contribution in [0, 0.1) is 11.3 Å². The van der Waals surface area contributed by atoms with Gasteiger partial charge in [-0.05, 0) is 31.5 Å². The summed E-state index contributed by atoms with van der Waals surface area (Å²) < 4.78 is 10.8. The summed E-state index contributed by atoms with van der Waals surface area (Å²) in [5, 5.41) is 9.93. The van der Waals surface area contributed by atoms with Crippen LogP contribution < -0.4 is 9.47 Å². The highest BCUT2D eigenvalue weighted by Crippen LogP contribution is 2.35. The molecule has 0 bridgehead atoms. The Morgan fingerprint density at radius 3 is 2.65 bits per heavy atom. The van der Waals surface area contributed by atoms with Crippen LogP contribution in [0.3, 0.4) is 0 Å². The highest BCUT2D eigenvalue weighted by atomic mass is 32.1. The minimum Gasteiger partial charge on any atom is -0.493 e.